The molecule has 1 atom stereocenters. The minimum Gasteiger partial charge on any atom is -0.254 e. The lowest BCUT2D eigenvalue weighted by Crippen LogP contribution is -1.95. The van der Waals surface area contributed by atoms with E-state index in [1.54, 1.807) is 36.4 Å². The van der Waals surface area contributed by atoms with Gasteiger partial charge in [0.1, 0.15) is 0 Å². The second kappa shape index (κ2) is 5.67. The summed E-state index contributed by atoms with van der Waals surface area (Å²) in [6, 6.07) is 14.4. The summed E-state index contributed by atoms with van der Waals surface area (Å²) in [5, 5.41) is 1.34. The van der Waals surface area contributed by atoms with Gasteiger partial charge in [-0.15, -0.1) is 0 Å². The summed E-state index contributed by atoms with van der Waals surface area (Å²) >= 11 is 11.6. The van der Waals surface area contributed by atoms with Gasteiger partial charge in [0.25, 0.3) is 0 Å². The standard InChI is InChI=1S/C13H10Cl2OS/c14-11-3-1-10(2-4-11)9-17(16)13-7-5-12(15)6-8-13/h1-8H,9H2/t17-/m1/s1. The molecule has 0 bridgehead atoms. The van der Waals surface area contributed by atoms with Crippen molar-refractivity contribution in [1.82, 2.24) is 0 Å². The summed E-state index contributed by atoms with van der Waals surface area (Å²) in [6.07, 6.45) is 0. The summed E-state index contributed by atoms with van der Waals surface area (Å²) in [5.74, 6) is 0.485. The molecule has 17 heavy (non-hydrogen) atoms. The number of halogens is 2. The Balaban J connectivity index is 2.11. The molecule has 0 aliphatic rings. The molecule has 2 aromatic rings. The van der Waals surface area contributed by atoms with Crippen LogP contribution in [0.25, 0.3) is 0 Å². The Labute approximate surface area is 113 Å². The molecule has 2 rings (SSSR count). The van der Waals surface area contributed by atoms with Gasteiger partial charge in [0, 0.05) is 14.9 Å². The first-order valence-electron chi connectivity index (χ1n) is 5.03. The van der Waals surface area contributed by atoms with Crippen molar-refractivity contribution >= 4 is 34.0 Å². The molecule has 0 heterocycles. The first-order chi connectivity index (χ1) is 8.15. The van der Waals surface area contributed by atoms with Gasteiger partial charge in [-0.05, 0) is 42.0 Å². The Hall–Kier alpha value is -0.830. The van der Waals surface area contributed by atoms with Crippen LogP contribution in [0.4, 0.5) is 0 Å². The number of hydrogen-bond acceptors (Lipinski definition) is 1. The molecular weight excluding hydrogens is 275 g/mol. The molecule has 0 amide bonds. The molecule has 0 unspecified atom stereocenters. The SMILES string of the molecule is O=[S@](Cc1ccc(Cl)cc1)c1ccc(Cl)cc1. The normalized spacial score (nSPS) is 12.4. The quantitative estimate of drug-likeness (QED) is 0.821. The highest BCUT2D eigenvalue weighted by atomic mass is 35.5. The molecule has 1 nitrogen and oxygen atoms in total. The molecule has 2 aromatic carbocycles. The van der Waals surface area contributed by atoms with E-state index in [0.717, 1.165) is 10.5 Å². The third kappa shape index (κ3) is 3.56. The lowest BCUT2D eigenvalue weighted by atomic mass is 10.2. The van der Waals surface area contributed by atoms with E-state index in [2.05, 4.69) is 0 Å². The van der Waals surface area contributed by atoms with E-state index in [9.17, 15) is 4.21 Å². The largest absolute Gasteiger partial charge is 0.254 e. The molecule has 0 N–H and O–H groups in total. The Morgan fingerprint density at radius 1 is 0.824 bits per heavy atom. The summed E-state index contributed by atoms with van der Waals surface area (Å²) in [4.78, 5) is 0.782. The van der Waals surface area contributed by atoms with Gasteiger partial charge in [-0.2, -0.15) is 0 Å². The van der Waals surface area contributed by atoms with E-state index in [1.165, 1.54) is 0 Å². The van der Waals surface area contributed by atoms with Crippen LogP contribution < -0.4 is 0 Å². The predicted octanol–water partition coefficient (Wildman–Crippen LogP) is 4.30. The molecule has 0 fully saturated rings. The molecule has 88 valence electrons. The molecule has 0 radical (unpaired) electrons. The second-order valence-corrected chi connectivity index (χ2v) is 5.89. The monoisotopic (exact) mass is 284 g/mol. The van der Waals surface area contributed by atoms with E-state index >= 15 is 0 Å². The minimum atomic E-state index is -1.05. The fourth-order valence-electron chi connectivity index (χ4n) is 1.40. The predicted molar refractivity (Wildman–Crippen MR) is 73.0 cm³/mol. The Kier molecular flexibility index (Phi) is 4.21. The average molecular weight is 285 g/mol. The van der Waals surface area contributed by atoms with Gasteiger partial charge in [0.05, 0.1) is 16.6 Å². The van der Waals surface area contributed by atoms with E-state index < -0.39 is 10.8 Å². The summed E-state index contributed by atoms with van der Waals surface area (Å²) in [5.41, 5.74) is 1.00. The fourth-order valence-corrected chi connectivity index (χ4v) is 2.76. The molecule has 0 saturated heterocycles. The molecule has 0 saturated carbocycles. The van der Waals surface area contributed by atoms with E-state index in [0.29, 0.717) is 15.8 Å². The molecule has 0 aliphatic carbocycles. The van der Waals surface area contributed by atoms with Crippen molar-refractivity contribution in [3.8, 4) is 0 Å². The average Bonchev–Trinajstić information content (AvgIpc) is 2.33. The maximum Gasteiger partial charge on any atom is 0.0574 e. The van der Waals surface area contributed by atoms with E-state index in [4.69, 9.17) is 23.2 Å². The van der Waals surface area contributed by atoms with Crippen molar-refractivity contribution in [2.24, 2.45) is 0 Å². The van der Waals surface area contributed by atoms with Gasteiger partial charge in [-0.25, -0.2) is 0 Å². The lowest BCUT2D eigenvalue weighted by Gasteiger charge is -2.03. The molecule has 0 aromatic heterocycles. The Morgan fingerprint density at radius 3 is 1.82 bits per heavy atom. The van der Waals surface area contributed by atoms with Crippen LogP contribution in [0.3, 0.4) is 0 Å². The van der Waals surface area contributed by atoms with Crippen LogP contribution in [0, 0.1) is 0 Å². The maximum absolute atomic E-state index is 12.0. The van der Waals surface area contributed by atoms with Crippen LogP contribution in [0.5, 0.6) is 0 Å². The maximum atomic E-state index is 12.0. The third-order valence-corrected chi connectivity index (χ3v) is 4.18. The fraction of sp³-hybridized carbons (Fsp3) is 0.0769. The lowest BCUT2D eigenvalue weighted by molar-refractivity contribution is 0.682. The number of hydrogen-bond donors (Lipinski definition) is 0. The molecular formula is C13H10Cl2OS. The van der Waals surface area contributed by atoms with Crippen molar-refractivity contribution in [2.75, 3.05) is 0 Å². The third-order valence-electron chi connectivity index (χ3n) is 2.29. The van der Waals surface area contributed by atoms with Gasteiger partial charge in [-0.1, -0.05) is 35.3 Å². The topological polar surface area (TPSA) is 17.1 Å². The van der Waals surface area contributed by atoms with Crippen LogP contribution >= 0.6 is 23.2 Å². The van der Waals surface area contributed by atoms with Gasteiger partial charge >= 0.3 is 0 Å². The van der Waals surface area contributed by atoms with E-state index in [-0.39, 0.29) is 0 Å². The molecule has 0 aliphatic heterocycles. The molecule has 0 spiro atoms. The highest BCUT2D eigenvalue weighted by Gasteiger charge is 2.05. The zero-order chi connectivity index (χ0) is 12.3. The van der Waals surface area contributed by atoms with Crippen molar-refractivity contribution < 1.29 is 4.21 Å². The van der Waals surface area contributed by atoms with Crippen LogP contribution in [0.15, 0.2) is 53.4 Å². The summed E-state index contributed by atoms with van der Waals surface area (Å²) < 4.78 is 12.0. The Morgan fingerprint density at radius 2 is 1.29 bits per heavy atom. The van der Waals surface area contributed by atoms with Crippen LogP contribution in [-0.4, -0.2) is 4.21 Å². The minimum absolute atomic E-state index is 0.485. The molecule has 4 heteroatoms. The zero-order valence-electron chi connectivity index (χ0n) is 8.90. The van der Waals surface area contributed by atoms with Gasteiger partial charge in [0.2, 0.25) is 0 Å². The van der Waals surface area contributed by atoms with Crippen molar-refractivity contribution in [3.63, 3.8) is 0 Å². The van der Waals surface area contributed by atoms with E-state index in [1.807, 2.05) is 12.1 Å². The van der Waals surface area contributed by atoms with Gasteiger partial charge < -0.3 is 0 Å². The summed E-state index contributed by atoms with van der Waals surface area (Å²) in [6.45, 7) is 0. The van der Waals surface area contributed by atoms with Crippen molar-refractivity contribution in [2.45, 2.75) is 10.6 Å². The van der Waals surface area contributed by atoms with Crippen LogP contribution in [0.1, 0.15) is 5.56 Å². The highest BCUT2D eigenvalue weighted by Crippen LogP contribution is 2.17. The van der Waals surface area contributed by atoms with Crippen LogP contribution in [-0.2, 0) is 16.6 Å². The Bertz CT molecular complexity index is 520. The highest BCUT2D eigenvalue weighted by molar-refractivity contribution is 7.84. The van der Waals surface area contributed by atoms with Gasteiger partial charge in [0.15, 0.2) is 0 Å². The first-order valence-corrected chi connectivity index (χ1v) is 7.11. The summed E-state index contributed by atoms with van der Waals surface area (Å²) in [7, 11) is -1.05. The second-order valence-electron chi connectivity index (χ2n) is 3.57. The number of rotatable bonds is 3. The number of benzene rings is 2. The van der Waals surface area contributed by atoms with Crippen molar-refractivity contribution in [3.05, 3.63) is 64.1 Å². The smallest absolute Gasteiger partial charge is 0.0574 e. The first kappa shape index (κ1) is 12.6. The zero-order valence-corrected chi connectivity index (χ0v) is 11.2. The van der Waals surface area contributed by atoms with Gasteiger partial charge in [-0.3, -0.25) is 4.21 Å². The van der Waals surface area contributed by atoms with Crippen LogP contribution in [0.2, 0.25) is 10.0 Å². The van der Waals surface area contributed by atoms with Crippen molar-refractivity contribution in [1.29, 1.82) is 0 Å².